The summed E-state index contributed by atoms with van der Waals surface area (Å²) in [6.07, 6.45) is -0.814. The van der Waals surface area contributed by atoms with E-state index in [1.807, 2.05) is 9.58 Å². The standard InChI is InChI=1S/C32H43F3N6O4S/c33-32(34,35)26-4-3-23(17-28(26)46-21-29(43)39-13-15-45-16-14-39)30-25-18-36-8-5-27(25)41(37-30)20-24(42)19-38-11-6-22(7-12-38)31(44)40-9-1-2-10-40/h3-4,17,22,24,36,42H,1-2,5-16,18-21H2. The van der Waals surface area contributed by atoms with Crippen LogP contribution in [0.2, 0.25) is 0 Å². The van der Waals surface area contributed by atoms with Crippen molar-refractivity contribution in [2.24, 2.45) is 5.92 Å². The molecule has 1 unspecified atom stereocenters. The number of hydrogen-bond donors (Lipinski definition) is 2. The van der Waals surface area contributed by atoms with Crippen LogP contribution in [-0.4, -0.2) is 119 Å². The number of β-amino-alcohol motifs (C(OH)–C–C–N with tert-alkyl or cyclic N) is 1. The third-order valence-corrected chi connectivity index (χ3v) is 10.5. The van der Waals surface area contributed by atoms with Crippen LogP contribution >= 0.6 is 11.8 Å². The number of aliphatic hydroxyl groups is 1. The molecule has 252 valence electrons. The lowest BCUT2D eigenvalue weighted by molar-refractivity contribution is -0.140. The molecule has 1 aromatic carbocycles. The fourth-order valence-electron chi connectivity index (χ4n) is 6.98. The number of fused-ring (bicyclic) bond motifs is 1. The lowest BCUT2D eigenvalue weighted by Gasteiger charge is -2.34. The SMILES string of the molecule is O=C(CSc1cc(-c2nn(CC(O)CN3CCC(C(=O)N4CCCC4)CC3)c3c2CNCC3)ccc1C(F)(F)F)N1CCOCC1. The minimum atomic E-state index is -4.57. The van der Waals surface area contributed by atoms with E-state index in [9.17, 15) is 27.9 Å². The first kappa shape index (κ1) is 33.3. The molecule has 0 saturated carbocycles. The van der Waals surface area contributed by atoms with Crippen LogP contribution in [0, 0.1) is 5.92 Å². The van der Waals surface area contributed by atoms with Crippen molar-refractivity contribution >= 4 is 23.6 Å². The second-order valence-corrected chi connectivity index (χ2v) is 13.7. The number of hydrogen-bond acceptors (Lipinski definition) is 8. The molecule has 1 atom stereocenters. The van der Waals surface area contributed by atoms with Gasteiger partial charge in [-0.1, -0.05) is 6.07 Å². The number of nitrogens with one attached hydrogen (secondary N) is 1. The molecule has 1 aromatic heterocycles. The average molecular weight is 665 g/mol. The van der Waals surface area contributed by atoms with E-state index < -0.39 is 17.8 Å². The van der Waals surface area contributed by atoms with Crippen molar-refractivity contribution in [1.29, 1.82) is 0 Å². The summed E-state index contributed by atoms with van der Waals surface area (Å²) in [5.41, 5.74) is 2.25. The summed E-state index contributed by atoms with van der Waals surface area (Å²) >= 11 is 0.896. The summed E-state index contributed by atoms with van der Waals surface area (Å²) in [6.45, 7) is 6.97. The van der Waals surface area contributed by atoms with Crippen LogP contribution < -0.4 is 5.32 Å². The first-order chi connectivity index (χ1) is 22.2. The predicted molar refractivity (Wildman–Crippen MR) is 167 cm³/mol. The van der Waals surface area contributed by atoms with Gasteiger partial charge < -0.3 is 29.9 Å². The van der Waals surface area contributed by atoms with E-state index in [0.717, 1.165) is 87.5 Å². The molecule has 0 aliphatic carbocycles. The van der Waals surface area contributed by atoms with Gasteiger partial charge in [-0.05, 0) is 50.9 Å². The Labute approximate surface area is 271 Å². The Morgan fingerprint density at radius 1 is 1.04 bits per heavy atom. The van der Waals surface area contributed by atoms with Gasteiger partial charge in [-0.15, -0.1) is 11.8 Å². The van der Waals surface area contributed by atoms with Gasteiger partial charge in [0.1, 0.15) is 0 Å². The highest BCUT2D eigenvalue weighted by atomic mass is 32.2. The number of morpholine rings is 1. The number of aromatic nitrogens is 2. The van der Waals surface area contributed by atoms with Gasteiger partial charge in [0.25, 0.3) is 0 Å². The van der Waals surface area contributed by atoms with Crippen LogP contribution in [0.25, 0.3) is 11.3 Å². The van der Waals surface area contributed by atoms with Crippen molar-refractivity contribution in [3.63, 3.8) is 0 Å². The smallest absolute Gasteiger partial charge is 0.390 e. The molecule has 3 fully saturated rings. The maximum Gasteiger partial charge on any atom is 0.417 e. The number of halogens is 3. The molecule has 14 heteroatoms. The summed E-state index contributed by atoms with van der Waals surface area (Å²) in [6, 6.07) is 4.01. The molecule has 5 heterocycles. The van der Waals surface area contributed by atoms with Gasteiger partial charge in [0, 0.05) is 79.9 Å². The van der Waals surface area contributed by atoms with Crippen molar-refractivity contribution in [2.75, 3.05) is 71.3 Å². The van der Waals surface area contributed by atoms with Crippen LogP contribution in [0.3, 0.4) is 0 Å². The maximum absolute atomic E-state index is 14.0. The quantitative estimate of drug-likeness (QED) is 0.395. The number of thioether (sulfide) groups is 1. The Morgan fingerprint density at radius 2 is 1.78 bits per heavy atom. The Kier molecular flexibility index (Phi) is 10.6. The monoisotopic (exact) mass is 664 g/mol. The number of amides is 2. The lowest BCUT2D eigenvalue weighted by Crippen LogP contribution is -2.44. The molecule has 2 amide bonds. The number of rotatable bonds is 9. The molecule has 4 aliphatic heterocycles. The Bertz CT molecular complexity index is 1380. The van der Waals surface area contributed by atoms with Gasteiger partial charge in [0.2, 0.25) is 11.8 Å². The van der Waals surface area contributed by atoms with Crippen LogP contribution in [0.1, 0.15) is 42.5 Å². The molecule has 46 heavy (non-hydrogen) atoms. The molecule has 0 bridgehead atoms. The van der Waals surface area contributed by atoms with Crippen molar-refractivity contribution < 1.29 is 32.6 Å². The fourth-order valence-corrected chi connectivity index (χ4v) is 7.99. The Balaban J connectivity index is 1.14. The zero-order valence-electron chi connectivity index (χ0n) is 26.1. The zero-order chi connectivity index (χ0) is 32.3. The highest BCUT2D eigenvalue weighted by Crippen LogP contribution is 2.40. The van der Waals surface area contributed by atoms with Crippen molar-refractivity contribution in [3.8, 4) is 11.3 Å². The molecule has 3 saturated heterocycles. The van der Waals surface area contributed by atoms with E-state index in [1.165, 1.54) is 12.1 Å². The number of aliphatic hydroxyl groups excluding tert-OH is 1. The van der Waals surface area contributed by atoms with Crippen LogP contribution in [0.4, 0.5) is 13.2 Å². The molecule has 2 aromatic rings. The summed E-state index contributed by atoms with van der Waals surface area (Å²) in [4.78, 5) is 31.3. The van der Waals surface area contributed by atoms with E-state index in [0.29, 0.717) is 57.1 Å². The van der Waals surface area contributed by atoms with Crippen molar-refractivity contribution in [1.82, 2.24) is 29.8 Å². The first-order valence-electron chi connectivity index (χ1n) is 16.4. The molecule has 6 rings (SSSR count). The van der Waals surface area contributed by atoms with E-state index in [1.54, 1.807) is 4.90 Å². The fraction of sp³-hybridized carbons (Fsp3) is 0.656. The van der Waals surface area contributed by atoms with Crippen LogP contribution in [0.5, 0.6) is 0 Å². The lowest BCUT2D eigenvalue weighted by atomic mass is 9.95. The number of benzene rings is 1. The van der Waals surface area contributed by atoms with E-state index in [-0.39, 0.29) is 34.9 Å². The number of likely N-dealkylation sites (tertiary alicyclic amines) is 2. The molecule has 2 N–H and O–H groups in total. The summed E-state index contributed by atoms with van der Waals surface area (Å²) in [5, 5.41) is 19.3. The van der Waals surface area contributed by atoms with Gasteiger partial charge >= 0.3 is 6.18 Å². The van der Waals surface area contributed by atoms with Gasteiger partial charge in [0.05, 0.1) is 42.9 Å². The Morgan fingerprint density at radius 3 is 2.50 bits per heavy atom. The van der Waals surface area contributed by atoms with E-state index in [4.69, 9.17) is 9.84 Å². The van der Waals surface area contributed by atoms with Crippen molar-refractivity contribution in [3.05, 3.63) is 35.0 Å². The molecular formula is C32H43F3N6O4S. The van der Waals surface area contributed by atoms with Crippen LogP contribution in [-0.2, 0) is 40.0 Å². The topological polar surface area (TPSA) is 103 Å². The third kappa shape index (κ3) is 7.73. The van der Waals surface area contributed by atoms with Crippen LogP contribution in [0.15, 0.2) is 23.1 Å². The molecule has 4 aliphatic rings. The van der Waals surface area contributed by atoms with Gasteiger partial charge in [-0.25, -0.2) is 0 Å². The highest BCUT2D eigenvalue weighted by molar-refractivity contribution is 8.00. The molecular weight excluding hydrogens is 621 g/mol. The van der Waals surface area contributed by atoms with Crippen molar-refractivity contribution in [2.45, 2.75) is 62.4 Å². The summed E-state index contributed by atoms with van der Waals surface area (Å²) in [5.74, 6) is 0.0184. The number of carbonyl (C=O) groups excluding carboxylic acids is 2. The predicted octanol–water partition coefficient (Wildman–Crippen LogP) is 2.86. The van der Waals surface area contributed by atoms with Gasteiger partial charge in [-0.2, -0.15) is 18.3 Å². The minimum Gasteiger partial charge on any atom is -0.390 e. The second-order valence-electron chi connectivity index (χ2n) is 12.6. The zero-order valence-corrected chi connectivity index (χ0v) is 26.9. The minimum absolute atomic E-state index is 0.00896. The average Bonchev–Trinajstić information content (AvgIpc) is 3.73. The highest BCUT2D eigenvalue weighted by Gasteiger charge is 2.35. The molecule has 0 radical (unpaired) electrons. The van der Waals surface area contributed by atoms with Gasteiger partial charge in [0.15, 0.2) is 0 Å². The number of alkyl halides is 3. The Hall–Kier alpha value is -2.65. The number of carbonyl (C=O) groups is 2. The summed E-state index contributed by atoms with van der Waals surface area (Å²) < 4.78 is 49.1. The number of nitrogens with zero attached hydrogens (tertiary/aromatic N) is 5. The largest absolute Gasteiger partial charge is 0.417 e. The van der Waals surface area contributed by atoms with E-state index in [2.05, 4.69) is 10.2 Å². The third-order valence-electron chi connectivity index (χ3n) is 9.49. The molecule has 10 nitrogen and oxygen atoms in total. The maximum atomic E-state index is 14.0. The number of ether oxygens (including phenoxy) is 1. The first-order valence-corrected chi connectivity index (χ1v) is 17.3. The second kappa shape index (κ2) is 14.6. The summed E-state index contributed by atoms with van der Waals surface area (Å²) in [7, 11) is 0. The molecule has 0 spiro atoms. The van der Waals surface area contributed by atoms with E-state index >= 15 is 0 Å². The number of piperidine rings is 1. The van der Waals surface area contributed by atoms with Gasteiger partial charge in [-0.3, -0.25) is 14.3 Å². The normalized spacial score (nSPS) is 20.6.